The molecule has 5 nitrogen and oxygen atoms in total. The van der Waals surface area contributed by atoms with Gasteiger partial charge in [-0.05, 0) is 48.5 Å². The number of carbonyl (C=O) groups is 1. The number of rotatable bonds is 3. The normalized spacial score (nSPS) is 11.1. The summed E-state index contributed by atoms with van der Waals surface area (Å²) in [5.74, 6) is 0.600. The van der Waals surface area contributed by atoms with Crippen molar-refractivity contribution in [1.29, 1.82) is 0 Å². The molecule has 3 heterocycles. The Morgan fingerprint density at radius 1 is 1.00 bits per heavy atom. The van der Waals surface area contributed by atoms with E-state index in [0.717, 1.165) is 33.4 Å². The van der Waals surface area contributed by atoms with Crippen molar-refractivity contribution in [2.24, 2.45) is 0 Å². The fraction of sp³-hybridized carbons (Fsp3) is 0. The number of hydrogen-bond acceptors (Lipinski definition) is 2. The molecule has 0 saturated carbocycles. The summed E-state index contributed by atoms with van der Waals surface area (Å²) in [4.78, 5) is 20.6. The Hall–Kier alpha value is -3.70. The molecule has 2 N–H and O–H groups in total. The first-order chi connectivity index (χ1) is 14.2. The van der Waals surface area contributed by atoms with Crippen LogP contribution in [0, 0.1) is 0 Å². The van der Waals surface area contributed by atoms with E-state index in [0.29, 0.717) is 10.7 Å². The molecule has 2 aromatic carbocycles. The molecule has 0 fully saturated rings. The van der Waals surface area contributed by atoms with E-state index in [1.165, 1.54) is 0 Å². The predicted octanol–water partition coefficient (Wildman–Crippen LogP) is 4.87. The second kappa shape index (κ2) is 7.04. The van der Waals surface area contributed by atoms with Crippen LogP contribution >= 0.6 is 11.6 Å². The average molecular weight is 400 g/mol. The standard InChI is InChI=1S/C23H15ClN4O/c24-17-9-7-15(8-10-17)22-27-21(20-6-1-2-13-28(20)22)23(29)26-19-5-3-4-16-14-25-12-11-18(16)19/h1-14H,(H,26,29)/p+1. The Labute approximate surface area is 171 Å². The number of H-pyrrole nitrogens is 1. The third-order valence-corrected chi connectivity index (χ3v) is 5.13. The maximum Gasteiger partial charge on any atom is 0.300 e. The molecule has 0 spiro atoms. The number of nitrogens with one attached hydrogen (secondary N) is 2. The molecule has 5 aromatic rings. The zero-order valence-corrected chi connectivity index (χ0v) is 16.0. The maximum atomic E-state index is 13.2. The van der Waals surface area contributed by atoms with Crippen molar-refractivity contribution < 1.29 is 9.20 Å². The van der Waals surface area contributed by atoms with Crippen molar-refractivity contribution in [1.82, 2.24) is 9.97 Å². The van der Waals surface area contributed by atoms with Crippen LogP contribution in [-0.4, -0.2) is 15.9 Å². The second-order valence-electron chi connectivity index (χ2n) is 6.67. The highest BCUT2D eigenvalue weighted by Gasteiger charge is 2.25. The Morgan fingerprint density at radius 3 is 2.72 bits per heavy atom. The monoisotopic (exact) mass is 399 g/mol. The minimum absolute atomic E-state index is 0.210. The van der Waals surface area contributed by atoms with E-state index >= 15 is 0 Å². The van der Waals surface area contributed by atoms with Crippen LogP contribution in [0.15, 0.2) is 85.3 Å². The van der Waals surface area contributed by atoms with E-state index < -0.39 is 0 Å². The predicted molar refractivity (Wildman–Crippen MR) is 114 cm³/mol. The van der Waals surface area contributed by atoms with Gasteiger partial charge in [0, 0.05) is 33.9 Å². The number of amides is 1. The van der Waals surface area contributed by atoms with Crippen LogP contribution in [-0.2, 0) is 0 Å². The van der Waals surface area contributed by atoms with Gasteiger partial charge in [0.2, 0.25) is 5.69 Å². The molecule has 5 rings (SSSR count). The highest BCUT2D eigenvalue weighted by Crippen LogP contribution is 2.24. The smallest absolute Gasteiger partial charge is 0.300 e. The van der Waals surface area contributed by atoms with Gasteiger partial charge in [0.1, 0.15) is 0 Å². The third kappa shape index (κ3) is 3.11. The zero-order valence-electron chi connectivity index (χ0n) is 15.3. The molecule has 29 heavy (non-hydrogen) atoms. The van der Waals surface area contributed by atoms with E-state index in [4.69, 9.17) is 11.6 Å². The number of halogens is 1. The summed E-state index contributed by atoms with van der Waals surface area (Å²) in [5, 5.41) is 5.61. The van der Waals surface area contributed by atoms with Gasteiger partial charge < -0.3 is 5.32 Å². The Kier molecular flexibility index (Phi) is 4.22. The fourth-order valence-corrected chi connectivity index (χ4v) is 3.62. The SMILES string of the molecule is O=C(Nc1cccc2cnccc12)c1[nH]c(-c2ccc(Cl)cc2)[n+]2ccccc12. The first-order valence-corrected chi connectivity index (χ1v) is 9.51. The van der Waals surface area contributed by atoms with Crippen molar-refractivity contribution in [3.63, 3.8) is 0 Å². The van der Waals surface area contributed by atoms with Crippen molar-refractivity contribution >= 4 is 39.5 Å². The van der Waals surface area contributed by atoms with Crippen molar-refractivity contribution in [2.45, 2.75) is 0 Å². The summed E-state index contributed by atoms with van der Waals surface area (Å²) in [5.41, 5.74) is 2.95. The highest BCUT2D eigenvalue weighted by atomic mass is 35.5. The number of anilines is 1. The number of nitrogens with zero attached hydrogens (tertiary/aromatic N) is 2. The average Bonchev–Trinajstić information content (AvgIpc) is 3.14. The Balaban J connectivity index is 1.59. The highest BCUT2D eigenvalue weighted by molar-refractivity contribution is 6.30. The number of carbonyl (C=O) groups excluding carboxylic acids is 1. The second-order valence-corrected chi connectivity index (χ2v) is 7.10. The van der Waals surface area contributed by atoms with Gasteiger partial charge in [-0.3, -0.25) is 9.78 Å². The number of aromatic nitrogens is 3. The summed E-state index contributed by atoms with van der Waals surface area (Å²) in [7, 11) is 0. The van der Waals surface area contributed by atoms with E-state index in [9.17, 15) is 4.79 Å². The summed E-state index contributed by atoms with van der Waals surface area (Å²) in [6, 6.07) is 20.9. The first-order valence-electron chi connectivity index (χ1n) is 9.13. The van der Waals surface area contributed by atoms with Crippen LogP contribution in [0.3, 0.4) is 0 Å². The van der Waals surface area contributed by atoms with Gasteiger partial charge in [0.25, 0.3) is 11.7 Å². The van der Waals surface area contributed by atoms with Gasteiger partial charge in [-0.2, -0.15) is 4.40 Å². The lowest BCUT2D eigenvalue weighted by atomic mass is 10.1. The van der Waals surface area contributed by atoms with Gasteiger partial charge in [-0.1, -0.05) is 29.8 Å². The quantitative estimate of drug-likeness (QED) is 0.425. The van der Waals surface area contributed by atoms with E-state index in [2.05, 4.69) is 15.3 Å². The van der Waals surface area contributed by atoms with Crippen LogP contribution in [0.4, 0.5) is 5.69 Å². The molecule has 6 heteroatoms. The van der Waals surface area contributed by atoms with Crippen molar-refractivity contribution in [3.05, 3.63) is 96.0 Å². The molecule has 3 aromatic heterocycles. The summed E-state index contributed by atoms with van der Waals surface area (Å²) < 4.78 is 1.96. The molecular weight excluding hydrogens is 384 g/mol. The van der Waals surface area contributed by atoms with Gasteiger partial charge in [0.15, 0.2) is 5.52 Å². The van der Waals surface area contributed by atoms with Crippen LogP contribution in [0.2, 0.25) is 5.02 Å². The zero-order chi connectivity index (χ0) is 19.8. The lowest BCUT2D eigenvalue weighted by Gasteiger charge is -2.06. The Morgan fingerprint density at radius 2 is 1.86 bits per heavy atom. The molecule has 0 aliphatic rings. The van der Waals surface area contributed by atoms with E-state index in [-0.39, 0.29) is 5.91 Å². The molecule has 0 aliphatic heterocycles. The van der Waals surface area contributed by atoms with E-state index in [1.807, 2.05) is 77.3 Å². The molecular formula is C23H16ClN4O+. The fourth-order valence-electron chi connectivity index (χ4n) is 3.49. The number of hydrogen-bond donors (Lipinski definition) is 2. The number of aromatic amines is 1. The summed E-state index contributed by atoms with van der Waals surface area (Å²) >= 11 is 6.03. The van der Waals surface area contributed by atoms with Gasteiger partial charge >= 0.3 is 0 Å². The molecule has 0 saturated heterocycles. The topological polar surface area (TPSA) is 61.9 Å². The molecule has 0 radical (unpaired) electrons. The lowest BCUT2D eigenvalue weighted by molar-refractivity contribution is -0.498. The van der Waals surface area contributed by atoms with Crippen molar-refractivity contribution in [2.75, 3.05) is 5.32 Å². The van der Waals surface area contributed by atoms with Gasteiger partial charge in [0.05, 0.1) is 11.8 Å². The van der Waals surface area contributed by atoms with Crippen LogP contribution < -0.4 is 9.72 Å². The lowest BCUT2D eigenvalue weighted by Crippen LogP contribution is -2.22. The van der Waals surface area contributed by atoms with Gasteiger partial charge in [-0.15, -0.1) is 0 Å². The number of imidazole rings is 1. The van der Waals surface area contributed by atoms with Crippen LogP contribution in [0.1, 0.15) is 10.5 Å². The molecule has 0 unspecified atom stereocenters. The third-order valence-electron chi connectivity index (χ3n) is 4.87. The number of pyridine rings is 2. The number of benzene rings is 2. The minimum Gasteiger partial charge on any atom is -0.318 e. The minimum atomic E-state index is -0.210. The van der Waals surface area contributed by atoms with Crippen molar-refractivity contribution in [3.8, 4) is 11.4 Å². The molecule has 0 atom stereocenters. The molecule has 1 amide bonds. The van der Waals surface area contributed by atoms with Crippen LogP contribution in [0.5, 0.6) is 0 Å². The molecule has 140 valence electrons. The number of fused-ring (bicyclic) bond motifs is 2. The molecule has 0 bridgehead atoms. The first kappa shape index (κ1) is 17.4. The molecule has 0 aliphatic carbocycles. The maximum absolute atomic E-state index is 13.2. The summed E-state index contributed by atoms with van der Waals surface area (Å²) in [6.45, 7) is 0. The van der Waals surface area contributed by atoms with Crippen LogP contribution in [0.25, 0.3) is 27.7 Å². The largest absolute Gasteiger partial charge is 0.318 e. The Bertz CT molecular complexity index is 1350. The summed E-state index contributed by atoms with van der Waals surface area (Å²) in [6.07, 6.45) is 5.43. The van der Waals surface area contributed by atoms with E-state index in [1.54, 1.807) is 12.4 Å². The van der Waals surface area contributed by atoms with Gasteiger partial charge in [-0.25, -0.2) is 4.98 Å².